The number of aliphatic hydroxyl groups is 1. The van der Waals surface area contributed by atoms with E-state index in [4.69, 9.17) is 9.84 Å². The molecule has 118 valence electrons. The van der Waals surface area contributed by atoms with Crippen LogP contribution in [0.3, 0.4) is 0 Å². The number of benzene rings is 1. The van der Waals surface area contributed by atoms with Crippen LogP contribution in [0, 0.1) is 0 Å². The van der Waals surface area contributed by atoms with E-state index in [1.165, 1.54) is 6.07 Å². The van der Waals surface area contributed by atoms with Gasteiger partial charge in [0.25, 0.3) is 5.91 Å². The molecule has 0 radical (unpaired) electrons. The van der Waals surface area contributed by atoms with Crippen LogP contribution in [0.2, 0.25) is 0 Å². The van der Waals surface area contributed by atoms with Crippen molar-refractivity contribution in [3.63, 3.8) is 0 Å². The number of rotatable bonds is 6. The zero-order chi connectivity index (χ0) is 15.9. The van der Waals surface area contributed by atoms with E-state index in [1.54, 1.807) is 18.2 Å². The maximum Gasteiger partial charge on any atom is 0.416 e. The van der Waals surface area contributed by atoms with Crippen LogP contribution in [0.4, 0.5) is 10.5 Å². The fraction of sp³-hybridized carbons (Fsp3) is 0.357. The smallest absolute Gasteiger partial charge is 0.416 e. The molecule has 2 rings (SSSR count). The molecule has 0 aliphatic carbocycles. The highest BCUT2D eigenvalue weighted by Crippen LogP contribution is 2.16. The van der Waals surface area contributed by atoms with Crippen LogP contribution in [0.25, 0.3) is 0 Å². The largest absolute Gasteiger partial charge is 0.452 e. The molecule has 0 atom stereocenters. The van der Waals surface area contributed by atoms with E-state index >= 15 is 0 Å². The lowest BCUT2D eigenvalue weighted by molar-refractivity contribution is -0.131. The summed E-state index contributed by atoms with van der Waals surface area (Å²) in [4.78, 5) is 35.9. The van der Waals surface area contributed by atoms with Crippen molar-refractivity contribution >= 4 is 23.7 Å². The van der Waals surface area contributed by atoms with Crippen molar-refractivity contribution in [3.05, 3.63) is 29.8 Å². The van der Waals surface area contributed by atoms with Gasteiger partial charge in [-0.2, -0.15) is 0 Å². The van der Waals surface area contributed by atoms with Crippen LogP contribution < -0.4 is 5.32 Å². The summed E-state index contributed by atoms with van der Waals surface area (Å²) in [6.07, 6.45) is -0.730. The normalized spacial score (nSPS) is 13.7. The summed E-state index contributed by atoms with van der Waals surface area (Å²) in [6.45, 7) is -0.0413. The van der Waals surface area contributed by atoms with Gasteiger partial charge in [0.15, 0.2) is 6.61 Å². The average Bonchev–Trinajstić information content (AvgIpc) is 2.96. The summed E-state index contributed by atoms with van der Waals surface area (Å²) in [5, 5.41) is 11.7. The van der Waals surface area contributed by atoms with Gasteiger partial charge in [-0.15, -0.1) is 0 Å². The Hall–Kier alpha value is -2.61. The Morgan fingerprint density at radius 1 is 1.36 bits per heavy atom. The monoisotopic (exact) mass is 308 g/mol. The molecular weight excluding hydrogens is 292 g/mol. The maximum atomic E-state index is 12.0. The van der Waals surface area contributed by atoms with Crippen LogP contribution in [0.15, 0.2) is 24.3 Å². The first-order valence-electron chi connectivity index (χ1n) is 6.71. The van der Waals surface area contributed by atoms with Gasteiger partial charge < -0.3 is 19.9 Å². The number of carbonyl (C=O) groups is 3. The summed E-state index contributed by atoms with van der Waals surface area (Å²) in [5.41, 5.74) is 0.738. The average molecular weight is 308 g/mol. The van der Waals surface area contributed by atoms with Crippen molar-refractivity contribution in [1.29, 1.82) is 0 Å². The van der Waals surface area contributed by atoms with Crippen molar-refractivity contribution in [3.8, 4) is 0 Å². The third-order valence-electron chi connectivity index (χ3n) is 2.96. The standard InChI is InChI=1S/C14H16N2O6/c17-7-5-15-11-4-2-1-3-10(11)13(19)22-9-12(18)16-6-8-21-14(16)20/h1-4,15,17H,5-9H2. The molecule has 22 heavy (non-hydrogen) atoms. The second-order valence-electron chi connectivity index (χ2n) is 4.43. The fourth-order valence-corrected chi connectivity index (χ4v) is 1.91. The molecule has 2 amide bonds. The minimum Gasteiger partial charge on any atom is -0.452 e. The summed E-state index contributed by atoms with van der Waals surface area (Å²) < 4.78 is 9.56. The number of hydrogen-bond acceptors (Lipinski definition) is 7. The number of cyclic esters (lactones) is 1. The molecule has 0 bridgehead atoms. The second kappa shape index (κ2) is 7.41. The number of nitrogens with one attached hydrogen (secondary N) is 1. The quantitative estimate of drug-likeness (QED) is 0.724. The molecule has 1 aliphatic heterocycles. The predicted molar refractivity (Wildman–Crippen MR) is 75.4 cm³/mol. The first-order valence-corrected chi connectivity index (χ1v) is 6.71. The number of aliphatic hydroxyl groups excluding tert-OH is 1. The van der Waals surface area contributed by atoms with Crippen LogP contribution in [-0.4, -0.2) is 60.9 Å². The topological polar surface area (TPSA) is 105 Å². The van der Waals surface area contributed by atoms with Crippen molar-refractivity contribution in [2.75, 3.05) is 38.2 Å². The summed E-state index contributed by atoms with van der Waals surface area (Å²) in [5.74, 6) is -1.32. The minimum atomic E-state index is -0.730. The molecule has 0 saturated carbocycles. The third-order valence-corrected chi connectivity index (χ3v) is 2.96. The van der Waals surface area contributed by atoms with Crippen molar-refractivity contribution < 1.29 is 29.0 Å². The molecule has 8 heteroatoms. The molecule has 1 saturated heterocycles. The first kappa shape index (κ1) is 15.8. The van der Waals surface area contributed by atoms with Gasteiger partial charge in [-0.1, -0.05) is 12.1 Å². The first-order chi connectivity index (χ1) is 10.6. The Bertz CT molecular complexity index is 574. The van der Waals surface area contributed by atoms with Crippen molar-refractivity contribution in [2.45, 2.75) is 0 Å². The molecule has 8 nitrogen and oxygen atoms in total. The lowest BCUT2D eigenvalue weighted by Crippen LogP contribution is -2.35. The molecule has 0 aromatic heterocycles. The highest BCUT2D eigenvalue weighted by Gasteiger charge is 2.29. The fourth-order valence-electron chi connectivity index (χ4n) is 1.91. The Morgan fingerprint density at radius 3 is 2.82 bits per heavy atom. The summed E-state index contributed by atoms with van der Waals surface area (Å²) in [7, 11) is 0. The molecule has 1 fully saturated rings. The van der Waals surface area contributed by atoms with Gasteiger partial charge in [0.1, 0.15) is 6.61 Å². The van der Waals surface area contributed by atoms with Crippen molar-refractivity contribution in [1.82, 2.24) is 4.90 Å². The SMILES string of the molecule is O=C(OCC(=O)N1CCOC1=O)c1ccccc1NCCO. The van der Waals surface area contributed by atoms with Crippen LogP contribution >= 0.6 is 0 Å². The highest BCUT2D eigenvalue weighted by molar-refractivity contribution is 5.98. The molecule has 1 aliphatic rings. The molecule has 1 heterocycles. The molecule has 2 N–H and O–H groups in total. The molecule has 1 aromatic rings. The minimum absolute atomic E-state index is 0.0844. The van der Waals surface area contributed by atoms with Crippen LogP contribution in [0.5, 0.6) is 0 Å². The third kappa shape index (κ3) is 3.73. The van der Waals surface area contributed by atoms with E-state index in [9.17, 15) is 14.4 Å². The summed E-state index contributed by atoms with van der Waals surface area (Å²) >= 11 is 0. The Kier molecular flexibility index (Phi) is 5.31. The maximum absolute atomic E-state index is 12.0. The molecular formula is C14H16N2O6. The Morgan fingerprint density at radius 2 is 2.14 bits per heavy atom. The molecule has 0 unspecified atom stereocenters. The van der Waals surface area contributed by atoms with Gasteiger partial charge in [0.2, 0.25) is 0 Å². The summed E-state index contributed by atoms with van der Waals surface area (Å²) in [6, 6.07) is 6.57. The molecule has 1 aromatic carbocycles. The van der Waals surface area contributed by atoms with Gasteiger partial charge in [0.05, 0.1) is 18.7 Å². The second-order valence-corrected chi connectivity index (χ2v) is 4.43. The number of para-hydroxylation sites is 1. The number of anilines is 1. The van der Waals surface area contributed by atoms with Gasteiger partial charge in [-0.25, -0.2) is 14.5 Å². The van der Waals surface area contributed by atoms with Gasteiger partial charge in [-0.05, 0) is 12.1 Å². The molecule has 0 spiro atoms. The predicted octanol–water partition coefficient (Wildman–Crippen LogP) is 0.226. The highest BCUT2D eigenvalue weighted by atomic mass is 16.6. The van der Waals surface area contributed by atoms with E-state index in [1.807, 2.05) is 0 Å². The van der Waals surface area contributed by atoms with Gasteiger partial charge >= 0.3 is 12.1 Å². The van der Waals surface area contributed by atoms with E-state index < -0.39 is 24.6 Å². The van der Waals surface area contributed by atoms with Crippen LogP contribution in [-0.2, 0) is 14.3 Å². The van der Waals surface area contributed by atoms with E-state index in [0.29, 0.717) is 5.69 Å². The Balaban J connectivity index is 1.94. The number of imide groups is 1. The number of esters is 1. The lowest BCUT2D eigenvalue weighted by atomic mass is 10.2. The number of carbonyl (C=O) groups excluding carboxylic acids is 3. The number of hydrogen-bond donors (Lipinski definition) is 2. The van der Waals surface area contributed by atoms with E-state index in [0.717, 1.165) is 4.90 Å². The Labute approximate surface area is 126 Å². The number of ether oxygens (including phenoxy) is 2. The number of nitrogens with zero attached hydrogens (tertiary/aromatic N) is 1. The van der Waals surface area contributed by atoms with Crippen molar-refractivity contribution in [2.24, 2.45) is 0 Å². The van der Waals surface area contributed by atoms with Gasteiger partial charge in [0, 0.05) is 12.2 Å². The lowest BCUT2D eigenvalue weighted by Gasteiger charge is -2.13. The van der Waals surface area contributed by atoms with Crippen LogP contribution in [0.1, 0.15) is 10.4 Å². The zero-order valence-corrected chi connectivity index (χ0v) is 11.8. The number of amides is 2. The van der Waals surface area contributed by atoms with E-state index in [-0.39, 0.29) is 31.9 Å². The van der Waals surface area contributed by atoms with E-state index in [2.05, 4.69) is 10.1 Å². The zero-order valence-electron chi connectivity index (χ0n) is 11.8. The van der Waals surface area contributed by atoms with Gasteiger partial charge in [-0.3, -0.25) is 4.79 Å².